The van der Waals surface area contributed by atoms with Crippen molar-refractivity contribution in [2.24, 2.45) is 5.92 Å². The SMILES string of the molecule is CCC1CCNC(CN(C)Cc2cccc(Cl)c2)C1. The third kappa shape index (κ3) is 4.79. The van der Waals surface area contributed by atoms with Crippen LogP contribution < -0.4 is 5.32 Å². The molecule has 0 bridgehead atoms. The van der Waals surface area contributed by atoms with Gasteiger partial charge in [-0.3, -0.25) is 0 Å². The molecule has 19 heavy (non-hydrogen) atoms. The Hall–Kier alpha value is -0.570. The number of nitrogens with zero attached hydrogens (tertiary/aromatic N) is 1. The summed E-state index contributed by atoms with van der Waals surface area (Å²) in [5.41, 5.74) is 1.29. The fourth-order valence-electron chi connectivity index (χ4n) is 2.99. The Kier molecular flexibility index (Phi) is 5.68. The van der Waals surface area contributed by atoms with E-state index in [1.54, 1.807) is 0 Å². The van der Waals surface area contributed by atoms with E-state index in [1.165, 1.54) is 31.4 Å². The van der Waals surface area contributed by atoms with Gasteiger partial charge in [0.15, 0.2) is 0 Å². The molecule has 1 N–H and O–H groups in total. The van der Waals surface area contributed by atoms with Crippen LogP contribution in [0.3, 0.4) is 0 Å². The molecule has 0 amide bonds. The fraction of sp³-hybridized carbons (Fsp3) is 0.625. The Labute approximate surface area is 122 Å². The number of hydrogen-bond acceptors (Lipinski definition) is 2. The molecule has 1 aromatic carbocycles. The van der Waals surface area contributed by atoms with Crippen molar-refractivity contribution in [3.63, 3.8) is 0 Å². The minimum Gasteiger partial charge on any atom is -0.313 e. The second-order valence-corrected chi connectivity index (χ2v) is 6.21. The van der Waals surface area contributed by atoms with Crippen LogP contribution in [0.15, 0.2) is 24.3 Å². The van der Waals surface area contributed by atoms with Gasteiger partial charge in [0.2, 0.25) is 0 Å². The second-order valence-electron chi connectivity index (χ2n) is 5.78. The largest absolute Gasteiger partial charge is 0.313 e. The molecule has 1 aliphatic rings. The van der Waals surface area contributed by atoms with Crippen LogP contribution in [0.5, 0.6) is 0 Å². The van der Waals surface area contributed by atoms with Gasteiger partial charge in [0.25, 0.3) is 0 Å². The van der Waals surface area contributed by atoms with Crippen LogP contribution in [-0.4, -0.2) is 31.1 Å². The fourth-order valence-corrected chi connectivity index (χ4v) is 3.21. The van der Waals surface area contributed by atoms with E-state index in [-0.39, 0.29) is 0 Å². The van der Waals surface area contributed by atoms with Crippen LogP contribution in [0.4, 0.5) is 0 Å². The molecule has 2 rings (SSSR count). The third-order valence-corrected chi connectivity index (χ3v) is 4.29. The van der Waals surface area contributed by atoms with E-state index < -0.39 is 0 Å². The van der Waals surface area contributed by atoms with Crippen molar-refractivity contribution < 1.29 is 0 Å². The average Bonchev–Trinajstić information content (AvgIpc) is 2.38. The Bertz CT molecular complexity index is 394. The summed E-state index contributed by atoms with van der Waals surface area (Å²) < 4.78 is 0. The van der Waals surface area contributed by atoms with Gasteiger partial charge >= 0.3 is 0 Å². The van der Waals surface area contributed by atoms with Gasteiger partial charge in [0.1, 0.15) is 0 Å². The van der Waals surface area contributed by atoms with Crippen molar-refractivity contribution in [1.82, 2.24) is 10.2 Å². The zero-order chi connectivity index (χ0) is 13.7. The summed E-state index contributed by atoms with van der Waals surface area (Å²) in [6.07, 6.45) is 3.97. The standard InChI is InChI=1S/C16H25ClN2/c1-3-13-7-8-18-16(10-13)12-19(2)11-14-5-4-6-15(17)9-14/h4-6,9,13,16,18H,3,7-8,10-12H2,1-2H3. The molecule has 2 unspecified atom stereocenters. The Balaban J connectivity index is 1.82. The van der Waals surface area contributed by atoms with Crippen LogP contribution in [0, 0.1) is 5.92 Å². The third-order valence-electron chi connectivity index (χ3n) is 4.05. The van der Waals surface area contributed by atoms with E-state index in [1.807, 2.05) is 12.1 Å². The molecule has 0 spiro atoms. The number of halogens is 1. The van der Waals surface area contributed by atoms with Crippen molar-refractivity contribution in [3.05, 3.63) is 34.9 Å². The Morgan fingerprint density at radius 1 is 1.42 bits per heavy atom. The topological polar surface area (TPSA) is 15.3 Å². The summed E-state index contributed by atoms with van der Waals surface area (Å²) in [6.45, 7) is 5.56. The van der Waals surface area contributed by atoms with Crippen LogP contribution in [0.25, 0.3) is 0 Å². The van der Waals surface area contributed by atoms with E-state index in [9.17, 15) is 0 Å². The van der Waals surface area contributed by atoms with E-state index in [4.69, 9.17) is 11.6 Å². The van der Waals surface area contributed by atoms with Crippen molar-refractivity contribution in [3.8, 4) is 0 Å². The van der Waals surface area contributed by atoms with Gasteiger partial charge in [-0.1, -0.05) is 37.1 Å². The molecule has 1 fully saturated rings. The van der Waals surface area contributed by atoms with Gasteiger partial charge in [0.05, 0.1) is 0 Å². The number of benzene rings is 1. The summed E-state index contributed by atoms with van der Waals surface area (Å²) in [5, 5.41) is 4.47. The molecular weight excluding hydrogens is 256 g/mol. The highest BCUT2D eigenvalue weighted by Crippen LogP contribution is 2.20. The summed E-state index contributed by atoms with van der Waals surface area (Å²) in [7, 11) is 2.19. The van der Waals surface area contributed by atoms with Gasteiger partial charge in [-0.05, 0) is 50.0 Å². The minimum absolute atomic E-state index is 0.642. The molecule has 1 heterocycles. The molecule has 0 aromatic heterocycles. The second kappa shape index (κ2) is 7.28. The van der Waals surface area contributed by atoms with Crippen LogP contribution in [0.2, 0.25) is 5.02 Å². The first-order valence-corrected chi connectivity index (χ1v) is 7.71. The van der Waals surface area contributed by atoms with Crippen LogP contribution in [0.1, 0.15) is 31.7 Å². The van der Waals surface area contributed by atoms with Gasteiger partial charge in [-0.15, -0.1) is 0 Å². The minimum atomic E-state index is 0.642. The van der Waals surface area contributed by atoms with Crippen molar-refractivity contribution in [1.29, 1.82) is 0 Å². The lowest BCUT2D eigenvalue weighted by Gasteiger charge is -2.32. The number of piperidine rings is 1. The molecule has 1 aliphatic heterocycles. The summed E-state index contributed by atoms with van der Waals surface area (Å²) in [4.78, 5) is 2.39. The van der Waals surface area contributed by atoms with E-state index in [0.29, 0.717) is 6.04 Å². The average molecular weight is 281 g/mol. The molecule has 1 aromatic rings. The number of hydrogen-bond donors (Lipinski definition) is 1. The van der Waals surface area contributed by atoms with E-state index in [2.05, 4.69) is 36.3 Å². The molecule has 1 saturated heterocycles. The first kappa shape index (κ1) is 14.8. The highest BCUT2D eigenvalue weighted by molar-refractivity contribution is 6.30. The van der Waals surface area contributed by atoms with E-state index >= 15 is 0 Å². The lowest BCUT2D eigenvalue weighted by atomic mass is 9.90. The predicted octanol–water partition coefficient (Wildman–Crippen LogP) is 3.55. The lowest BCUT2D eigenvalue weighted by Crippen LogP contribution is -2.44. The molecule has 106 valence electrons. The monoisotopic (exact) mass is 280 g/mol. The number of nitrogens with one attached hydrogen (secondary N) is 1. The quantitative estimate of drug-likeness (QED) is 0.887. The Morgan fingerprint density at radius 3 is 3.00 bits per heavy atom. The smallest absolute Gasteiger partial charge is 0.0409 e. The molecule has 0 aliphatic carbocycles. The van der Waals surface area contributed by atoms with Crippen molar-refractivity contribution >= 4 is 11.6 Å². The zero-order valence-electron chi connectivity index (χ0n) is 12.0. The first-order chi connectivity index (χ1) is 9.17. The maximum Gasteiger partial charge on any atom is 0.0409 e. The molecule has 2 nitrogen and oxygen atoms in total. The highest BCUT2D eigenvalue weighted by Gasteiger charge is 2.21. The molecule has 3 heteroatoms. The van der Waals surface area contributed by atoms with Gasteiger partial charge < -0.3 is 10.2 Å². The van der Waals surface area contributed by atoms with Crippen molar-refractivity contribution in [2.45, 2.75) is 38.8 Å². The number of likely N-dealkylation sites (N-methyl/N-ethyl adjacent to an activating group) is 1. The molecular formula is C16H25ClN2. The zero-order valence-corrected chi connectivity index (χ0v) is 12.8. The van der Waals surface area contributed by atoms with Crippen molar-refractivity contribution in [2.75, 3.05) is 20.1 Å². The summed E-state index contributed by atoms with van der Waals surface area (Å²) in [5.74, 6) is 0.908. The van der Waals surface area contributed by atoms with Gasteiger partial charge in [-0.25, -0.2) is 0 Å². The maximum absolute atomic E-state index is 6.03. The first-order valence-electron chi connectivity index (χ1n) is 7.33. The van der Waals surface area contributed by atoms with Crippen LogP contribution >= 0.6 is 11.6 Å². The molecule has 0 radical (unpaired) electrons. The predicted molar refractivity (Wildman–Crippen MR) is 82.6 cm³/mol. The van der Waals surface area contributed by atoms with Gasteiger partial charge in [-0.2, -0.15) is 0 Å². The molecule has 2 atom stereocenters. The highest BCUT2D eigenvalue weighted by atomic mass is 35.5. The summed E-state index contributed by atoms with van der Waals surface area (Å²) >= 11 is 6.03. The maximum atomic E-state index is 6.03. The van der Waals surface area contributed by atoms with E-state index in [0.717, 1.165) is 24.0 Å². The van der Waals surface area contributed by atoms with Gasteiger partial charge in [0, 0.05) is 24.2 Å². The van der Waals surface area contributed by atoms with Crippen LogP contribution in [-0.2, 0) is 6.54 Å². The summed E-state index contributed by atoms with van der Waals surface area (Å²) in [6, 6.07) is 8.80. The molecule has 0 saturated carbocycles. The Morgan fingerprint density at radius 2 is 2.26 bits per heavy atom. The lowest BCUT2D eigenvalue weighted by molar-refractivity contribution is 0.220. The normalized spacial score (nSPS) is 23.8. The number of rotatable bonds is 5.